The van der Waals surface area contributed by atoms with Gasteiger partial charge in [-0.15, -0.1) is 0 Å². The van der Waals surface area contributed by atoms with Gasteiger partial charge in [-0.05, 0) is 42.0 Å². The van der Waals surface area contributed by atoms with Gasteiger partial charge in [0.05, 0.1) is 7.11 Å². The Hall–Kier alpha value is -3.21. The molecule has 0 spiro atoms. The molecule has 25 heavy (non-hydrogen) atoms. The number of para-hydroxylation sites is 1. The first kappa shape index (κ1) is 16.6. The minimum Gasteiger partial charge on any atom is -0.493 e. The van der Waals surface area contributed by atoms with Gasteiger partial charge in [-0.25, -0.2) is 4.79 Å². The van der Waals surface area contributed by atoms with E-state index in [-0.39, 0.29) is 0 Å². The van der Waals surface area contributed by atoms with Gasteiger partial charge in [0, 0.05) is 36.8 Å². The number of furan rings is 1. The molecule has 0 saturated carbocycles. The van der Waals surface area contributed by atoms with Crippen LogP contribution in [-0.2, 0) is 4.79 Å². The molecule has 0 bridgehead atoms. The zero-order chi connectivity index (χ0) is 18.0. The third-order valence-electron chi connectivity index (χ3n) is 3.89. The van der Waals surface area contributed by atoms with Gasteiger partial charge in [-0.1, -0.05) is 12.1 Å². The van der Waals surface area contributed by atoms with Crippen molar-refractivity contribution in [3.63, 3.8) is 0 Å². The lowest BCUT2D eigenvalue weighted by molar-refractivity contribution is -0.131. The molecule has 0 amide bonds. The number of fused-ring (bicyclic) bond motifs is 1. The number of benzene rings is 2. The summed E-state index contributed by atoms with van der Waals surface area (Å²) in [5.41, 5.74) is 3.40. The van der Waals surface area contributed by atoms with E-state index >= 15 is 0 Å². The highest BCUT2D eigenvalue weighted by atomic mass is 16.5. The lowest BCUT2D eigenvalue weighted by Crippen LogP contribution is -2.09. The summed E-state index contributed by atoms with van der Waals surface area (Å²) >= 11 is 0. The zero-order valence-electron chi connectivity index (χ0n) is 14.3. The van der Waals surface area contributed by atoms with Gasteiger partial charge in [0.15, 0.2) is 11.3 Å². The van der Waals surface area contributed by atoms with Crippen molar-refractivity contribution >= 4 is 28.7 Å². The monoisotopic (exact) mass is 337 g/mol. The number of carbonyl (C=O) groups is 1. The van der Waals surface area contributed by atoms with Crippen LogP contribution in [0.1, 0.15) is 5.56 Å². The van der Waals surface area contributed by atoms with E-state index in [2.05, 4.69) is 0 Å². The second kappa shape index (κ2) is 6.73. The molecule has 0 aliphatic rings. The van der Waals surface area contributed by atoms with Gasteiger partial charge in [-0.2, -0.15) is 0 Å². The molecule has 2 aromatic carbocycles. The summed E-state index contributed by atoms with van der Waals surface area (Å²) in [5, 5.41) is 9.66. The van der Waals surface area contributed by atoms with Crippen molar-refractivity contribution in [3.8, 4) is 17.1 Å². The van der Waals surface area contributed by atoms with E-state index < -0.39 is 5.97 Å². The summed E-state index contributed by atoms with van der Waals surface area (Å²) < 4.78 is 11.5. The van der Waals surface area contributed by atoms with E-state index in [0.29, 0.717) is 11.3 Å². The summed E-state index contributed by atoms with van der Waals surface area (Å²) in [5.74, 6) is 0.306. The molecule has 5 heteroatoms. The van der Waals surface area contributed by atoms with Crippen molar-refractivity contribution in [1.82, 2.24) is 0 Å². The third kappa shape index (κ3) is 3.35. The molecule has 1 heterocycles. The Morgan fingerprint density at radius 3 is 2.64 bits per heavy atom. The van der Waals surface area contributed by atoms with Crippen LogP contribution >= 0.6 is 0 Å². The van der Waals surface area contributed by atoms with Crippen molar-refractivity contribution in [3.05, 3.63) is 54.1 Å². The third-order valence-corrected chi connectivity index (χ3v) is 3.89. The normalized spacial score (nSPS) is 11.2. The van der Waals surface area contributed by atoms with Gasteiger partial charge < -0.3 is 19.2 Å². The van der Waals surface area contributed by atoms with Crippen LogP contribution in [-0.4, -0.2) is 32.3 Å². The van der Waals surface area contributed by atoms with E-state index in [4.69, 9.17) is 14.3 Å². The molecule has 0 fully saturated rings. The van der Waals surface area contributed by atoms with Gasteiger partial charge in [0.25, 0.3) is 0 Å². The van der Waals surface area contributed by atoms with E-state index in [9.17, 15) is 4.79 Å². The second-order valence-corrected chi connectivity index (χ2v) is 5.84. The fourth-order valence-corrected chi connectivity index (χ4v) is 2.76. The van der Waals surface area contributed by atoms with Crippen LogP contribution in [0.25, 0.3) is 28.4 Å². The van der Waals surface area contributed by atoms with Crippen LogP contribution in [0.3, 0.4) is 0 Å². The van der Waals surface area contributed by atoms with Gasteiger partial charge in [0.2, 0.25) is 0 Å². The van der Waals surface area contributed by atoms with Gasteiger partial charge >= 0.3 is 5.97 Å². The number of aliphatic carboxylic acids is 1. The van der Waals surface area contributed by atoms with E-state index in [1.54, 1.807) is 13.2 Å². The SMILES string of the molecule is COc1cc(/C=C/C(=O)O)cc2cc(-c3ccccc3N(C)C)oc12. The maximum atomic E-state index is 10.7. The van der Waals surface area contributed by atoms with Crippen LogP contribution in [0.5, 0.6) is 5.75 Å². The fraction of sp³-hybridized carbons (Fsp3) is 0.150. The number of carboxylic acid groups (broad SMARTS) is 1. The van der Waals surface area contributed by atoms with Gasteiger partial charge in [-0.3, -0.25) is 0 Å². The molecule has 3 rings (SSSR count). The molecule has 0 aliphatic carbocycles. The minimum atomic E-state index is -0.994. The summed E-state index contributed by atoms with van der Waals surface area (Å²) in [7, 11) is 5.53. The van der Waals surface area contributed by atoms with Crippen molar-refractivity contribution < 1.29 is 19.1 Å². The molecular weight excluding hydrogens is 318 g/mol. The highest BCUT2D eigenvalue weighted by Gasteiger charge is 2.15. The standard InChI is InChI=1S/C20H19NO4/c1-21(2)16-7-5-4-6-15(16)17-12-14-10-13(8-9-19(22)23)11-18(24-3)20(14)25-17/h4-12H,1-3H3,(H,22,23)/b9-8+. The van der Waals surface area contributed by atoms with Crippen LogP contribution in [0, 0.1) is 0 Å². The number of ether oxygens (including phenoxy) is 1. The molecule has 128 valence electrons. The first-order valence-electron chi connectivity index (χ1n) is 7.79. The van der Waals surface area contributed by atoms with Crippen molar-refractivity contribution in [2.24, 2.45) is 0 Å². The predicted octanol–water partition coefficient (Wildman–Crippen LogP) is 4.27. The van der Waals surface area contributed by atoms with Crippen LogP contribution in [0.15, 0.2) is 53.0 Å². The Morgan fingerprint density at radius 2 is 1.96 bits per heavy atom. The maximum Gasteiger partial charge on any atom is 0.328 e. The van der Waals surface area contributed by atoms with Crippen molar-refractivity contribution in [2.45, 2.75) is 0 Å². The van der Waals surface area contributed by atoms with Crippen LogP contribution in [0.4, 0.5) is 5.69 Å². The number of hydrogen-bond donors (Lipinski definition) is 1. The Bertz CT molecular complexity index is 953. The maximum absolute atomic E-state index is 10.7. The van der Waals surface area contributed by atoms with Crippen molar-refractivity contribution in [2.75, 3.05) is 26.1 Å². The molecular formula is C20H19NO4. The number of hydrogen-bond acceptors (Lipinski definition) is 4. The summed E-state index contributed by atoms with van der Waals surface area (Å²) in [4.78, 5) is 12.8. The minimum absolute atomic E-state index is 0.566. The fourth-order valence-electron chi connectivity index (χ4n) is 2.76. The molecule has 1 N–H and O–H groups in total. The van der Waals surface area contributed by atoms with Gasteiger partial charge in [0.1, 0.15) is 5.76 Å². The number of nitrogens with zero attached hydrogens (tertiary/aromatic N) is 1. The first-order valence-corrected chi connectivity index (χ1v) is 7.79. The van der Waals surface area contributed by atoms with E-state index in [1.807, 2.05) is 55.4 Å². The molecule has 0 aliphatic heterocycles. The van der Waals surface area contributed by atoms with E-state index in [1.165, 1.54) is 6.08 Å². The second-order valence-electron chi connectivity index (χ2n) is 5.84. The Balaban J connectivity index is 2.16. The Kier molecular flexibility index (Phi) is 4.48. The molecule has 0 radical (unpaired) electrons. The molecule has 5 nitrogen and oxygen atoms in total. The highest BCUT2D eigenvalue weighted by Crippen LogP contribution is 2.38. The first-order chi connectivity index (χ1) is 12.0. The lowest BCUT2D eigenvalue weighted by Gasteiger charge is -2.15. The Morgan fingerprint density at radius 1 is 1.20 bits per heavy atom. The quantitative estimate of drug-likeness (QED) is 0.704. The number of carboxylic acids is 1. The van der Waals surface area contributed by atoms with Crippen LogP contribution < -0.4 is 9.64 Å². The highest BCUT2D eigenvalue weighted by molar-refractivity contribution is 5.92. The predicted molar refractivity (Wildman–Crippen MR) is 99.2 cm³/mol. The molecule has 1 aromatic heterocycles. The smallest absolute Gasteiger partial charge is 0.328 e. The zero-order valence-corrected chi connectivity index (χ0v) is 14.3. The average Bonchev–Trinajstić information content (AvgIpc) is 3.03. The number of anilines is 1. The number of methoxy groups -OCH3 is 1. The topological polar surface area (TPSA) is 62.9 Å². The number of rotatable bonds is 5. The molecule has 3 aromatic rings. The molecule has 0 unspecified atom stereocenters. The van der Waals surface area contributed by atoms with E-state index in [0.717, 1.165) is 34.0 Å². The van der Waals surface area contributed by atoms with Crippen LogP contribution in [0.2, 0.25) is 0 Å². The molecule has 0 atom stereocenters. The summed E-state index contributed by atoms with van der Waals surface area (Å²) in [6.07, 6.45) is 2.63. The Labute approximate surface area is 145 Å². The largest absolute Gasteiger partial charge is 0.493 e. The lowest BCUT2D eigenvalue weighted by atomic mass is 10.1. The summed E-state index contributed by atoms with van der Waals surface area (Å²) in [6.45, 7) is 0. The van der Waals surface area contributed by atoms with Crippen molar-refractivity contribution in [1.29, 1.82) is 0 Å². The summed E-state index contributed by atoms with van der Waals surface area (Å²) in [6, 6.07) is 13.6. The molecule has 0 saturated heterocycles. The average molecular weight is 337 g/mol.